The lowest BCUT2D eigenvalue weighted by Gasteiger charge is -2.05. The number of aryl methyl sites for hydroxylation is 1. The number of ether oxygens (including phenoxy) is 1. The third-order valence-electron chi connectivity index (χ3n) is 2.56. The van der Waals surface area contributed by atoms with Gasteiger partial charge >= 0.3 is 11.9 Å². The third kappa shape index (κ3) is 2.77. The molecule has 0 radical (unpaired) electrons. The van der Waals surface area contributed by atoms with Crippen LogP contribution in [0.1, 0.15) is 27.9 Å². The van der Waals surface area contributed by atoms with Crippen LogP contribution >= 0.6 is 0 Å². The van der Waals surface area contributed by atoms with Crippen molar-refractivity contribution in [2.75, 3.05) is 0 Å². The van der Waals surface area contributed by atoms with E-state index in [1.54, 1.807) is 6.92 Å². The number of carboxylic acids is 1. The summed E-state index contributed by atoms with van der Waals surface area (Å²) in [6.07, 6.45) is 0. The Bertz CT molecular complexity index is 645. The molecule has 104 valence electrons. The molecule has 2 aromatic rings. The van der Waals surface area contributed by atoms with Gasteiger partial charge in [0.05, 0.1) is 0 Å². The first-order valence-electron chi connectivity index (χ1n) is 5.83. The Morgan fingerprint density at radius 3 is 2.50 bits per heavy atom. The molecule has 0 aliphatic heterocycles. The summed E-state index contributed by atoms with van der Waals surface area (Å²) < 4.78 is 6.34. The fraction of sp³-hybridized carbons (Fsp3) is 0.154. The Kier molecular flexibility index (Phi) is 3.69. The van der Waals surface area contributed by atoms with Gasteiger partial charge in [0.25, 0.3) is 0 Å². The number of hydrogen-bond acceptors (Lipinski definition) is 5. The molecule has 0 atom stereocenters. The molecular weight excluding hydrogens is 264 g/mol. The zero-order valence-corrected chi connectivity index (χ0v) is 10.6. The van der Waals surface area contributed by atoms with Crippen molar-refractivity contribution in [1.82, 2.24) is 9.78 Å². The van der Waals surface area contributed by atoms with Gasteiger partial charge in [-0.15, -0.1) is 0 Å². The number of nitrogens with zero attached hydrogens (tertiary/aromatic N) is 2. The van der Waals surface area contributed by atoms with E-state index in [4.69, 9.17) is 14.9 Å². The number of rotatable bonds is 4. The standard InChI is InChI=1S/C13H12N2O5/c1-2-15-11(7-10(14-15)12(17)18)13(19)20-9-5-3-8(16)4-6-9/h3-7,16H,2H2,1H3,(H,17,18). The van der Waals surface area contributed by atoms with E-state index in [9.17, 15) is 9.59 Å². The molecule has 7 heteroatoms. The smallest absolute Gasteiger partial charge is 0.362 e. The topological polar surface area (TPSA) is 102 Å². The zero-order chi connectivity index (χ0) is 14.7. The molecule has 0 unspecified atom stereocenters. The third-order valence-corrected chi connectivity index (χ3v) is 2.56. The molecule has 0 amide bonds. The Hall–Kier alpha value is -2.83. The second-order valence-electron chi connectivity index (χ2n) is 3.92. The molecular formula is C13H12N2O5. The normalized spacial score (nSPS) is 10.2. The number of carbonyl (C=O) groups excluding carboxylic acids is 1. The van der Waals surface area contributed by atoms with Crippen LogP contribution in [-0.2, 0) is 6.54 Å². The summed E-state index contributed by atoms with van der Waals surface area (Å²) in [5, 5.41) is 21.8. The molecule has 0 fully saturated rings. The number of aromatic carboxylic acids is 1. The molecule has 0 aliphatic carbocycles. The SMILES string of the molecule is CCn1nc(C(=O)O)cc1C(=O)Oc1ccc(O)cc1. The maximum Gasteiger partial charge on any atom is 0.362 e. The van der Waals surface area contributed by atoms with Gasteiger partial charge < -0.3 is 14.9 Å². The molecule has 0 bridgehead atoms. The highest BCUT2D eigenvalue weighted by Gasteiger charge is 2.19. The number of carbonyl (C=O) groups is 2. The number of aromatic nitrogens is 2. The minimum absolute atomic E-state index is 0.0524. The minimum Gasteiger partial charge on any atom is -0.508 e. The van der Waals surface area contributed by atoms with E-state index < -0.39 is 11.9 Å². The van der Waals surface area contributed by atoms with E-state index in [2.05, 4.69) is 5.10 Å². The number of benzene rings is 1. The second-order valence-corrected chi connectivity index (χ2v) is 3.92. The molecule has 7 nitrogen and oxygen atoms in total. The Balaban J connectivity index is 2.24. The number of esters is 1. The first-order chi connectivity index (χ1) is 9.51. The number of carboxylic acid groups (broad SMARTS) is 1. The Labute approximate surface area is 114 Å². The van der Waals surface area contributed by atoms with Crippen molar-refractivity contribution in [3.63, 3.8) is 0 Å². The van der Waals surface area contributed by atoms with Crippen LogP contribution in [0, 0.1) is 0 Å². The van der Waals surface area contributed by atoms with Crippen LogP contribution in [-0.4, -0.2) is 31.9 Å². The van der Waals surface area contributed by atoms with Gasteiger partial charge in [-0.25, -0.2) is 9.59 Å². The molecule has 0 spiro atoms. The van der Waals surface area contributed by atoms with Gasteiger partial charge in [0.15, 0.2) is 5.69 Å². The zero-order valence-electron chi connectivity index (χ0n) is 10.6. The fourth-order valence-electron chi connectivity index (χ4n) is 1.60. The van der Waals surface area contributed by atoms with E-state index in [-0.39, 0.29) is 22.9 Å². The first-order valence-corrected chi connectivity index (χ1v) is 5.83. The lowest BCUT2D eigenvalue weighted by atomic mass is 10.3. The first kappa shape index (κ1) is 13.6. The summed E-state index contributed by atoms with van der Waals surface area (Å²) in [5.41, 5.74) is -0.164. The van der Waals surface area contributed by atoms with E-state index in [1.807, 2.05) is 0 Å². The molecule has 0 saturated heterocycles. The van der Waals surface area contributed by atoms with Gasteiger partial charge in [-0.05, 0) is 31.2 Å². The molecule has 2 N–H and O–H groups in total. The number of phenols is 1. The molecule has 1 heterocycles. The van der Waals surface area contributed by atoms with Crippen molar-refractivity contribution in [2.24, 2.45) is 0 Å². The van der Waals surface area contributed by atoms with Crippen LogP contribution < -0.4 is 4.74 Å². The summed E-state index contributed by atoms with van der Waals surface area (Å²) in [5.74, 6) is -1.63. The Morgan fingerprint density at radius 2 is 1.95 bits per heavy atom. The van der Waals surface area contributed by atoms with E-state index in [0.29, 0.717) is 6.54 Å². The predicted octanol–water partition coefficient (Wildman–Crippen LogP) is 1.53. The summed E-state index contributed by atoms with van der Waals surface area (Å²) in [6.45, 7) is 2.07. The van der Waals surface area contributed by atoms with Crippen LogP contribution in [0.2, 0.25) is 0 Å². The van der Waals surface area contributed by atoms with Crippen LogP contribution in [0.4, 0.5) is 0 Å². The van der Waals surface area contributed by atoms with Gasteiger partial charge in [0.1, 0.15) is 17.2 Å². The lowest BCUT2D eigenvalue weighted by molar-refractivity contribution is 0.0687. The largest absolute Gasteiger partial charge is 0.508 e. The number of aromatic hydroxyl groups is 1. The predicted molar refractivity (Wildman–Crippen MR) is 67.9 cm³/mol. The van der Waals surface area contributed by atoms with Gasteiger partial charge in [-0.2, -0.15) is 5.10 Å². The van der Waals surface area contributed by atoms with Crippen LogP contribution in [0.5, 0.6) is 11.5 Å². The quantitative estimate of drug-likeness (QED) is 0.648. The van der Waals surface area contributed by atoms with Crippen molar-refractivity contribution in [2.45, 2.75) is 13.5 Å². The second kappa shape index (κ2) is 5.43. The number of hydrogen-bond donors (Lipinski definition) is 2. The average Bonchev–Trinajstić information content (AvgIpc) is 2.86. The summed E-state index contributed by atoms with van der Waals surface area (Å²) >= 11 is 0. The minimum atomic E-state index is -1.21. The van der Waals surface area contributed by atoms with Gasteiger partial charge in [-0.1, -0.05) is 0 Å². The average molecular weight is 276 g/mol. The van der Waals surface area contributed by atoms with Crippen molar-refractivity contribution in [1.29, 1.82) is 0 Å². The van der Waals surface area contributed by atoms with E-state index >= 15 is 0 Å². The van der Waals surface area contributed by atoms with Crippen molar-refractivity contribution in [3.8, 4) is 11.5 Å². The van der Waals surface area contributed by atoms with Crippen LogP contribution in [0.15, 0.2) is 30.3 Å². The highest BCUT2D eigenvalue weighted by atomic mass is 16.5. The number of phenolic OH excluding ortho intramolecular Hbond substituents is 1. The van der Waals surface area contributed by atoms with Gasteiger partial charge in [0, 0.05) is 12.6 Å². The monoisotopic (exact) mass is 276 g/mol. The molecule has 1 aromatic carbocycles. The highest BCUT2D eigenvalue weighted by Crippen LogP contribution is 2.17. The van der Waals surface area contributed by atoms with Crippen LogP contribution in [0.3, 0.4) is 0 Å². The molecule has 0 saturated carbocycles. The summed E-state index contributed by atoms with van der Waals surface area (Å²) in [4.78, 5) is 22.8. The summed E-state index contributed by atoms with van der Waals surface area (Å²) in [6, 6.07) is 6.77. The van der Waals surface area contributed by atoms with E-state index in [1.165, 1.54) is 28.9 Å². The maximum absolute atomic E-state index is 12.0. The van der Waals surface area contributed by atoms with Crippen molar-refractivity contribution < 1.29 is 24.5 Å². The summed E-state index contributed by atoms with van der Waals surface area (Å²) in [7, 11) is 0. The highest BCUT2D eigenvalue weighted by molar-refractivity contribution is 5.93. The lowest BCUT2D eigenvalue weighted by Crippen LogP contribution is -2.14. The molecule has 0 aliphatic rings. The van der Waals surface area contributed by atoms with Crippen LogP contribution in [0.25, 0.3) is 0 Å². The molecule has 2 rings (SSSR count). The van der Waals surface area contributed by atoms with Crippen molar-refractivity contribution in [3.05, 3.63) is 41.7 Å². The maximum atomic E-state index is 12.0. The van der Waals surface area contributed by atoms with Crippen molar-refractivity contribution >= 4 is 11.9 Å². The van der Waals surface area contributed by atoms with Gasteiger partial charge in [-0.3, -0.25) is 4.68 Å². The van der Waals surface area contributed by atoms with E-state index in [0.717, 1.165) is 6.07 Å². The Morgan fingerprint density at radius 1 is 1.30 bits per heavy atom. The molecule has 20 heavy (non-hydrogen) atoms. The fourth-order valence-corrected chi connectivity index (χ4v) is 1.60. The molecule has 1 aromatic heterocycles. The van der Waals surface area contributed by atoms with Gasteiger partial charge in [0.2, 0.25) is 0 Å².